The highest BCUT2D eigenvalue weighted by molar-refractivity contribution is 7.10. The van der Waals surface area contributed by atoms with Crippen molar-refractivity contribution in [2.24, 2.45) is 0 Å². The van der Waals surface area contributed by atoms with E-state index in [1.54, 1.807) is 11.3 Å². The van der Waals surface area contributed by atoms with Crippen LogP contribution < -0.4 is 0 Å². The van der Waals surface area contributed by atoms with Gasteiger partial charge in [-0.25, -0.2) is 0 Å². The molecular weight excluding hydrogens is 312 g/mol. The van der Waals surface area contributed by atoms with Gasteiger partial charge in [0.15, 0.2) is 0 Å². The van der Waals surface area contributed by atoms with Crippen molar-refractivity contribution in [3.63, 3.8) is 0 Å². The largest absolute Gasteiger partial charge is 0.380 e. The molecule has 24 heavy (non-hydrogen) atoms. The van der Waals surface area contributed by atoms with Gasteiger partial charge in [0.2, 0.25) is 0 Å². The van der Waals surface area contributed by atoms with Crippen LogP contribution in [0.5, 0.6) is 0 Å². The summed E-state index contributed by atoms with van der Waals surface area (Å²) in [6, 6.07) is 8.94. The van der Waals surface area contributed by atoms with Crippen LogP contribution in [0, 0.1) is 0 Å². The lowest BCUT2D eigenvalue weighted by Gasteiger charge is -2.43. The standard InChI is InChI=1S/C22H28OS/c1-20(2)11-12-21(3,4)18-14-15(7-8-16(18)20)22(23)10-5-6-19-17(22)9-13-24-19/h7-9,13-14,23H,5-6,10-12H2,1-4H3/t22-/m1/s1. The molecule has 0 radical (unpaired) electrons. The first-order chi connectivity index (χ1) is 11.2. The zero-order chi connectivity index (χ0) is 17.2. The maximum Gasteiger partial charge on any atom is 0.116 e. The van der Waals surface area contributed by atoms with E-state index in [2.05, 4.69) is 57.3 Å². The summed E-state index contributed by atoms with van der Waals surface area (Å²) in [5, 5.41) is 13.7. The van der Waals surface area contributed by atoms with E-state index in [1.165, 1.54) is 28.8 Å². The van der Waals surface area contributed by atoms with Crippen LogP contribution in [0.4, 0.5) is 0 Å². The smallest absolute Gasteiger partial charge is 0.116 e. The van der Waals surface area contributed by atoms with Gasteiger partial charge in [-0.2, -0.15) is 0 Å². The molecule has 0 amide bonds. The molecule has 1 atom stereocenters. The van der Waals surface area contributed by atoms with Gasteiger partial charge >= 0.3 is 0 Å². The summed E-state index contributed by atoms with van der Waals surface area (Å²) in [4.78, 5) is 1.36. The molecule has 128 valence electrons. The molecule has 1 N–H and O–H groups in total. The van der Waals surface area contributed by atoms with Crippen molar-refractivity contribution in [2.45, 2.75) is 76.2 Å². The van der Waals surface area contributed by atoms with Gasteiger partial charge in [0, 0.05) is 10.4 Å². The fourth-order valence-electron chi connectivity index (χ4n) is 4.69. The van der Waals surface area contributed by atoms with Crippen LogP contribution in [0.2, 0.25) is 0 Å². The Bertz CT molecular complexity index is 783. The first-order valence-corrected chi connectivity index (χ1v) is 10.1. The quantitative estimate of drug-likeness (QED) is 0.709. The highest BCUT2D eigenvalue weighted by Gasteiger charge is 2.41. The zero-order valence-electron chi connectivity index (χ0n) is 15.3. The number of aliphatic hydroxyl groups is 1. The fourth-order valence-corrected chi connectivity index (χ4v) is 5.68. The Morgan fingerprint density at radius 2 is 1.58 bits per heavy atom. The summed E-state index contributed by atoms with van der Waals surface area (Å²) in [5.74, 6) is 0. The van der Waals surface area contributed by atoms with Gasteiger partial charge in [-0.05, 0) is 71.1 Å². The van der Waals surface area contributed by atoms with E-state index in [1.807, 2.05) is 0 Å². The first kappa shape index (κ1) is 16.4. The minimum Gasteiger partial charge on any atom is -0.380 e. The van der Waals surface area contributed by atoms with Gasteiger partial charge in [-0.1, -0.05) is 45.9 Å². The number of hydrogen-bond donors (Lipinski definition) is 1. The number of aryl methyl sites for hydroxylation is 1. The maximum atomic E-state index is 11.6. The average molecular weight is 341 g/mol. The number of thiophene rings is 1. The number of hydrogen-bond acceptors (Lipinski definition) is 2. The Kier molecular flexibility index (Phi) is 3.54. The van der Waals surface area contributed by atoms with Gasteiger partial charge in [0.05, 0.1) is 0 Å². The maximum absolute atomic E-state index is 11.6. The second-order valence-corrected chi connectivity index (χ2v) is 10.0. The van der Waals surface area contributed by atoms with E-state index in [-0.39, 0.29) is 10.8 Å². The van der Waals surface area contributed by atoms with Crippen LogP contribution in [0.3, 0.4) is 0 Å². The van der Waals surface area contributed by atoms with Crippen LogP contribution in [0.15, 0.2) is 29.6 Å². The first-order valence-electron chi connectivity index (χ1n) is 9.19. The summed E-state index contributed by atoms with van der Waals surface area (Å²) >= 11 is 1.79. The summed E-state index contributed by atoms with van der Waals surface area (Å²) < 4.78 is 0. The second kappa shape index (κ2) is 5.19. The van der Waals surface area contributed by atoms with Gasteiger partial charge in [0.25, 0.3) is 0 Å². The molecule has 0 spiro atoms. The molecule has 2 aliphatic carbocycles. The summed E-state index contributed by atoms with van der Waals surface area (Å²) in [6.45, 7) is 9.41. The van der Waals surface area contributed by atoms with E-state index in [4.69, 9.17) is 0 Å². The zero-order valence-corrected chi connectivity index (χ0v) is 16.1. The Balaban J connectivity index is 1.88. The van der Waals surface area contributed by atoms with E-state index in [0.29, 0.717) is 0 Å². The third-order valence-corrected chi connectivity index (χ3v) is 7.44. The normalized spacial score (nSPS) is 27.4. The molecule has 1 heterocycles. The van der Waals surface area contributed by atoms with E-state index < -0.39 is 5.60 Å². The van der Waals surface area contributed by atoms with Crippen LogP contribution in [0.25, 0.3) is 0 Å². The lowest BCUT2D eigenvalue weighted by atomic mass is 9.62. The van der Waals surface area contributed by atoms with E-state index in [9.17, 15) is 5.11 Å². The molecular formula is C22H28OS. The third kappa shape index (κ3) is 2.30. The van der Waals surface area contributed by atoms with Crippen molar-refractivity contribution in [3.05, 3.63) is 56.8 Å². The second-order valence-electron chi connectivity index (χ2n) is 9.00. The molecule has 2 aromatic rings. The lowest BCUT2D eigenvalue weighted by Crippen LogP contribution is -2.36. The topological polar surface area (TPSA) is 20.2 Å². The highest BCUT2D eigenvalue weighted by atomic mass is 32.1. The molecule has 0 aliphatic heterocycles. The van der Waals surface area contributed by atoms with Crippen LogP contribution in [-0.2, 0) is 22.9 Å². The highest BCUT2D eigenvalue weighted by Crippen LogP contribution is 2.49. The average Bonchev–Trinajstić information content (AvgIpc) is 3.02. The molecule has 0 bridgehead atoms. The van der Waals surface area contributed by atoms with Crippen LogP contribution in [0.1, 0.15) is 80.5 Å². The molecule has 2 heteroatoms. The number of rotatable bonds is 1. The van der Waals surface area contributed by atoms with Crippen molar-refractivity contribution in [2.75, 3.05) is 0 Å². The van der Waals surface area contributed by atoms with Gasteiger partial charge in [0.1, 0.15) is 5.60 Å². The summed E-state index contributed by atoms with van der Waals surface area (Å²) in [7, 11) is 0. The molecule has 1 aromatic carbocycles. The molecule has 0 unspecified atom stereocenters. The molecule has 0 fully saturated rings. The Labute approximate surface area is 149 Å². The van der Waals surface area contributed by atoms with Gasteiger partial charge < -0.3 is 5.11 Å². The van der Waals surface area contributed by atoms with Crippen molar-refractivity contribution >= 4 is 11.3 Å². The van der Waals surface area contributed by atoms with Crippen LogP contribution in [-0.4, -0.2) is 5.11 Å². The van der Waals surface area contributed by atoms with Gasteiger partial charge in [-0.15, -0.1) is 11.3 Å². The Morgan fingerprint density at radius 1 is 0.875 bits per heavy atom. The summed E-state index contributed by atoms with van der Waals surface area (Å²) in [6.07, 6.45) is 5.44. The van der Waals surface area contributed by atoms with Crippen molar-refractivity contribution in [1.82, 2.24) is 0 Å². The van der Waals surface area contributed by atoms with Crippen molar-refractivity contribution in [3.8, 4) is 0 Å². The lowest BCUT2D eigenvalue weighted by molar-refractivity contribution is 0.0622. The molecule has 0 saturated carbocycles. The predicted octanol–water partition coefficient (Wildman–Crippen LogP) is 5.67. The van der Waals surface area contributed by atoms with E-state index >= 15 is 0 Å². The molecule has 4 rings (SSSR count). The van der Waals surface area contributed by atoms with Crippen LogP contribution >= 0.6 is 11.3 Å². The minimum atomic E-state index is -0.805. The molecule has 0 saturated heterocycles. The summed E-state index contributed by atoms with van der Waals surface area (Å²) in [5.41, 5.74) is 4.74. The molecule has 2 aliphatic rings. The van der Waals surface area contributed by atoms with Crippen molar-refractivity contribution in [1.29, 1.82) is 0 Å². The van der Waals surface area contributed by atoms with Crippen molar-refractivity contribution < 1.29 is 5.11 Å². The number of benzene rings is 1. The van der Waals surface area contributed by atoms with Gasteiger partial charge in [-0.3, -0.25) is 0 Å². The third-order valence-electron chi connectivity index (χ3n) is 6.46. The molecule has 1 aromatic heterocycles. The monoisotopic (exact) mass is 340 g/mol. The molecule has 1 nitrogen and oxygen atoms in total. The number of fused-ring (bicyclic) bond motifs is 2. The Hall–Kier alpha value is -1.12. The SMILES string of the molecule is CC1(C)CCC(C)(C)c2cc([C@]3(O)CCCc4sccc43)ccc21. The Morgan fingerprint density at radius 3 is 2.33 bits per heavy atom. The fraction of sp³-hybridized carbons (Fsp3) is 0.545. The minimum absolute atomic E-state index is 0.184. The van der Waals surface area contributed by atoms with E-state index in [0.717, 1.165) is 30.4 Å². The predicted molar refractivity (Wildman–Crippen MR) is 102 cm³/mol.